The molecule has 0 bridgehead atoms. The second kappa shape index (κ2) is 10.3. The number of nitrogens with zero attached hydrogens (tertiary/aromatic N) is 4. The number of rotatable bonds is 4. The molecular weight excluding hydrogens is 439 g/mol. The van der Waals surface area contributed by atoms with Gasteiger partial charge in [-0.3, -0.25) is 4.79 Å². The molecule has 1 saturated heterocycles. The van der Waals surface area contributed by atoms with E-state index in [1.54, 1.807) is 13.0 Å². The lowest BCUT2D eigenvalue weighted by molar-refractivity contribution is 0.102. The normalized spacial score (nSPS) is 16.2. The first-order valence-electron chi connectivity index (χ1n) is 10.5. The van der Waals surface area contributed by atoms with Crippen LogP contribution in [0.3, 0.4) is 0 Å². The van der Waals surface area contributed by atoms with Crippen LogP contribution >= 0.6 is 12.4 Å². The largest absolute Gasteiger partial charge is 0.448 e. The van der Waals surface area contributed by atoms with Crippen molar-refractivity contribution in [3.8, 4) is 0 Å². The number of nitrogens with one attached hydrogen (secondary N) is 2. The summed E-state index contributed by atoms with van der Waals surface area (Å²) < 4.78 is 21.0. The number of fused-ring (bicyclic) bond motifs is 1. The highest BCUT2D eigenvalue weighted by Gasteiger charge is 2.26. The Hall–Kier alpha value is -2.69. The van der Waals surface area contributed by atoms with Crippen molar-refractivity contribution in [2.45, 2.75) is 19.9 Å². The third-order valence-electron chi connectivity index (χ3n) is 5.67. The fourth-order valence-electron chi connectivity index (χ4n) is 3.91. The second-order valence-corrected chi connectivity index (χ2v) is 7.72. The Morgan fingerprint density at radius 1 is 1.25 bits per heavy atom. The molecule has 0 saturated carbocycles. The van der Waals surface area contributed by atoms with Gasteiger partial charge in [0, 0.05) is 56.9 Å². The first-order chi connectivity index (χ1) is 15.0. The van der Waals surface area contributed by atoms with Crippen LogP contribution in [0.4, 0.5) is 20.7 Å². The molecular formula is C21H28ClFN6O3. The number of ether oxygens (including phenoxy) is 1. The zero-order valence-corrected chi connectivity index (χ0v) is 19.0. The molecule has 0 unspecified atom stereocenters. The number of hydrogen-bond acceptors (Lipinski definition) is 7. The van der Waals surface area contributed by atoms with Gasteiger partial charge in [-0.05, 0) is 32.2 Å². The van der Waals surface area contributed by atoms with Crippen LogP contribution in [0.5, 0.6) is 0 Å². The lowest BCUT2D eigenvalue weighted by Gasteiger charge is -2.34. The van der Waals surface area contributed by atoms with Crippen molar-refractivity contribution >= 4 is 35.9 Å². The predicted octanol–water partition coefficient (Wildman–Crippen LogP) is 2.10. The van der Waals surface area contributed by atoms with Gasteiger partial charge in [0.2, 0.25) is 0 Å². The Kier molecular flexibility index (Phi) is 7.70. The first kappa shape index (κ1) is 24.0. The molecule has 0 radical (unpaired) electrons. The third-order valence-corrected chi connectivity index (χ3v) is 5.67. The van der Waals surface area contributed by atoms with Crippen molar-refractivity contribution in [2.24, 2.45) is 0 Å². The maximum Gasteiger partial charge on any atom is 0.434 e. The highest BCUT2D eigenvalue weighted by molar-refractivity contribution is 6.04. The van der Waals surface area contributed by atoms with Crippen LogP contribution in [-0.2, 0) is 17.7 Å². The Morgan fingerprint density at radius 2 is 2.00 bits per heavy atom. The Morgan fingerprint density at radius 3 is 2.69 bits per heavy atom. The van der Waals surface area contributed by atoms with Gasteiger partial charge in [-0.25, -0.2) is 9.18 Å². The molecule has 0 spiro atoms. The number of amides is 1. The van der Waals surface area contributed by atoms with Crippen LogP contribution in [0.1, 0.15) is 28.5 Å². The van der Waals surface area contributed by atoms with Gasteiger partial charge in [0.15, 0.2) is 5.82 Å². The van der Waals surface area contributed by atoms with Gasteiger partial charge >= 0.3 is 6.09 Å². The Labute approximate surface area is 192 Å². The maximum atomic E-state index is 14.8. The van der Waals surface area contributed by atoms with Gasteiger partial charge in [-0.15, -0.1) is 17.5 Å². The number of piperazine rings is 1. The molecule has 0 atom stereocenters. The number of carbonyl (C=O) groups is 2. The lowest BCUT2D eigenvalue weighted by atomic mass is 10.1. The standard InChI is InChI=1S/C21H27FN6O3.ClH/c1-3-31-21(30)28-18-6-7-23-13-16(18)19(25-28)24-20(29)15-5-4-14(12-17(15)22)27-10-8-26(2)9-11-27;/h4-5,12,23H,3,6-11,13H2,1-2H3,(H,24,25,29);1H. The molecule has 3 heterocycles. The number of anilines is 2. The van der Waals surface area contributed by atoms with E-state index in [4.69, 9.17) is 4.74 Å². The number of benzene rings is 1. The van der Waals surface area contributed by atoms with Gasteiger partial charge in [0.05, 0.1) is 17.9 Å². The summed E-state index contributed by atoms with van der Waals surface area (Å²) in [5.74, 6) is -0.960. The fraction of sp³-hybridized carbons (Fsp3) is 0.476. The van der Waals surface area contributed by atoms with Crippen molar-refractivity contribution in [3.05, 3.63) is 40.8 Å². The molecule has 2 aliphatic heterocycles. The van der Waals surface area contributed by atoms with Gasteiger partial charge < -0.3 is 25.2 Å². The van der Waals surface area contributed by atoms with Crippen LogP contribution in [-0.4, -0.2) is 73.1 Å². The van der Waals surface area contributed by atoms with Crippen molar-refractivity contribution in [1.82, 2.24) is 20.0 Å². The van der Waals surface area contributed by atoms with Crippen molar-refractivity contribution in [1.29, 1.82) is 0 Å². The summed E-state index contributed by atoms with van der Waals surface area (Å²) in [7, 11) is 2.06. The molecule has 1 amide bonds. The summed E-state index contributed by atoms with van der Waals surface area (Å²) in [6.45, 7) is 6.52. The minimum Gasteiger partial charge on any atom is -0.448 e. The van der Waals surface area contributed by atoms with Crippen molar-refractivity contribution in [3.63, 3.8) is 0 Å². The molecule has 2 aromatic rings. The number of likely N-dealkylation sites (N-methyl/N-ethyl adjacent to an activating group) is 1. The fourth-order valence-corrected chi connectivity index (χ4v) is 3.91. The number of halogens is 2. The van der Waals surface area contributed by atoms with Gasteiger partial charge in [-0.2, -0.15) is 4.68 Å². The molecule has 4 rings (SSSR count). The second-order valence-electron chi connectivity index (χ2n) is 7.72. The third kappa shape index (κ3) is 4.87. The molecule has 9 nitrogen and oxygen atoms in total. The predicted molar refractivity (Wildman–Crippen MR) is 121 cm³/mol. The highest BCUT2D eigenvalue weighted by Crippen LogP contribution is 2.25. The molecule has 174 valence electrons. The SMILES string of the molecule is CCOC(=O)n1nc(NC(=O)c2ccc(N3CCN(C)CC3)cc2F)c2c1CCNC2.Cl. The Bertz CT molecular complexity index is 990. The minimum atomic E-state index is -0.607. The van der Waals surface area contributed by atoms with Gasteiger partial charge in [-0.1, -0.05) is 0 Å². The van der Waals surface area contributed by atoms with Crippen LogP contribution < -0.4 is 15.5 Å². The molecule has 11 heteroatoms. The monoisotopic (exact) mass is 466 g/mol. The van der Waals surface area contributed by atoms with Gasteiger partial charge in [0.25, 0.3) is 5.91 Å². The highest BCUT2D eigenvalue weighted by atomic mass is 35.5. The van der Waals surface area contributed by atoms with E-state index in [0.29, 0.717) is 30.8 Å². The molecule has 1 aromatic carbocycles. The molecule has 1 fully saturated rings. The Balaban J connectivity index is 0.00000289. The lowest BCUT2D eigenvalue weighted by Crippen LogP contribution is -2.44. The van der Waals surface area contributed by atoms with E-state index in [0.717, 1.165) is 31.9 Å². The molecule has 32 heavy (non-hydrogen) atoms. The van der Waals surface area contributed by atoms with Crippen molar-refractivity contribution < 1.29 is 18.7 Å². The summed E-state index contributed by atoms with van der Waals surface area (Å²) in [5, 5.41) is 10.1. The van der Waals surface area contributed by atoms with E-state index in [-0.39, 0.29) is 30.4 Å². The topological polar surface area (TPSA) is 91.7 Å². The minimum absolute atomic E-state index is 0. The van der Waals surface area contributed by atoms with Crippen LogP contribution in [0.25, 0.3) is 0 Å². The molecule has 2 aliphatic rings. The van der Waals surface area contributed by atoms with Gasteiger partial charge in [0.1, 0.15) is 5.82 Å². The number of carbonyl (C=O) groups excluding carboxylic acids is 2. The summed E-state index contributed by atoms with van der Waals surface area (Å²) in [6, 6.07) is 4.65. The number of aromatic nitrogens is 2. The maximum absolute atomic E-state index is 14.8. The zero-order chi connectivity index (χ0) is 22.0. The van der Waals surface area contributed by atoms with E-state index >= 15 is 0 Å². The number of hydrogen-bond donors (Lipinski definition) is 2. The van der Waals surface area contributed by atoms with E-state index in [2.05, 4.69) is 32.6 Å². The van der Waals surface area contributed by atoms with E-state index in [1.165, 1.54) is 16.8 Å². The van der Waals surface area contributed by atoms with Crippen molar-refractivity contribution in [2.75, 3.05) is 56.6 Å². The average Bonchev–Trinajstić information content (AvgIpc) is 3.13. The zero-order valence-electron chi connectivity index (χ0n) is 18.2. The van der Waals surface area contributed by atoms with Crippen LogP contribution in [0.2, 0.25) is 0 Å². The summed E-state index contributed by atoms with van der Waals surface area (Å²) in [6.07, 6.45) is -0.0191. The quantitative estimate of drug-likeness (QED) is 0.713. The first-order valence-corrected chi connectivity index (χ1v) is 10.5. The molecule has 2 N–H and O–H groups in total. The van der Waals surface area contributed by atoms with E-state index in [1.807, 2.05) is 0 Å². The molecule has 1 aromatic heterocycles. The van der Waals surface area contributed by atoms with E-state index in [9.17, 15) is 14.0 Å². The summed E-state index contributed by atoms with van der Waals surface area (Å²) in [5.41, 5.74) is 2.09. The summed E-state index contributed by atoms with van der Waals surface area (Å²) >= 11 is 0. The average molecular weight is 467 g/mol. The van der Waals surface area contributed by atoms with E-state index < -0.39 is 17.8 Å². The van der Waals surface area contributed by atoms with Crippen LogP contribution in [0.15, 0.2) is 18.2 Å². The van der Waals surface area contributed by atoms with Crippen LogP contribution in [0, 0.1) is 5.82 Å². The summed E-state index contributed by atoms with van der Waals surface area (Å²) in [4.78, 5) is 29.4. The smallest absolute Gasteiger partial charge is 0.434 e. The molecule has 0 aliphatic carbocycles.